The number of aromatic amines is 1. The number of likely N-dealkylation sites (N-methyl/N-ethyl adjacent to an activating group) is 1. The summed E-state index contributed by atoms with van der Waals surface area (Å²) in [5.74, 6) is -0.117. The minimum absolute atomic E-state index is 0.117. The van der Waals surface area contributed by atoms with Gasteiger partial charge in [-0.3, -0.25) is 9.59 Å². The van der Waals surface area contributed by atoms with E-state index in [9.17, 15) is 9.59 Å². The van der Waals surface area contributed by atoms with Crippen LogP contribution < -0.4 is 10.9 Å². The van der Waals surface area contributed by atoms with E-state index in [1.165, 1.54) is 17.8 Å². The van der Waals surface area contributed by atoms with Crippen molar-refractivity contribution in [2.45, 2.75) is 19.8 Å². The summed E-state index contributed by atoms with van der Waals surface area (Å²) >= 11 is 1.38. The zero-order valence-corrected chi connectivity index (χ0v) is 15.4. The van der Waals surface area contributed by atoms with Crippen molar-refractivity contribution >= 4 is 38.2 Å². The molecule has 0 saturated carbocycles. The van der Waals surface area contributed by atoms with Crippen LogP contribution in [0.4, 0.5) is 0 Å². The number of nitrogens with zero attached hydrogens (tertiary/aromatic N) is 1. The lowest BCUT2D eigenvalue weighted by atomic mass is 10.2. The minimum atomic E-state index is -0.150. The molecule has 1 aromatic carbocycles. The second-order valence-corrected chi connectivity index (χ2v) is 7.32. The minimum Gasteiger partial charge on any atom is -0.350 e. The number of carbonyl (C=O) groups is 1. The largest absolute Gasteiger partial charge is 0.350 e. The van der Waals surface area contributed by atoms with E-state index in [0.717, 1.165) is 35.1 Å². The number of aromatic nitrogens is 1. The van der Waals surface area contributed by atoms with Gasteiger partial charge in [-0.2, -0.15) is 0 Å². The van der Waals surface area contributed by atoms with Gasteiger partial charge in [0.1, 0.15) is 0 Å². The molecule has 0 aliphatic heterocycles. The molecular weight excluding hydrogens is 334 g/mol. The van der Waals surface area contributed by atoms with E-state index in [2.05, 4.69) is 29.2 Å². The molecule has 0 unspecified atom stereocenters. The highest BCUT2D eigenvalue weighted by molar-refractivity contribution is 7.21. The van der Waals surface area contributed by atoms with Gasteiger partial charge in [0.25, 0.3) is 11.5 Å². The number of unbranched alkanes of at least 4 members (excludes halogenated alkanes) is 1. The second-order valence-electron chi connectivity index (χ2n) is 6.27. The van der Waals surface area contributed by atoms with Gasteiger partial charge in [0.15, 0.2) is 0 Å². The molecule has 5 nitrogen and oxygen atoms in total. The second kappa shape index (κ2) is 7.80. The van der Waals surface area contributed by atoms with Crippen molar-refractivity contribution in [3.8, 4) is 0 Å². The SMILES string of the molecule is CCCCN(C)CCNC(=O)c1cc2c(=O)[nH]c3ccccc3c2s1. The van der Waals surface area contributed by atoms with Crippen molar-refractivity contribution in [1.29, 1.82) is 0 Å². The first-order valence-corrected chi connectivity index (χ1v) is 9.43. The number of amides is 1. The van der Waals surface area contributed by atoms with Crippen LogP contribution in [0, 0.1) is 0 Å². The van der Waals surface area contributed by atoms with Gasteiger partial charge in [-0.25, -0.2) is 0 Å². The molecule has 0 aliphatic rings. The standard InChI is InChI=1S/C19H23N3O2S/c1-3-4-10-22(2)11-9-20-19(24)16-12-14-17(25-16)13-7-5-6-8-15(13)21-18(14)23/h5-8,12H,3-4,9-11H2,1-2H3,(H,20,24)(H,21,23). The summed E-state index contributed by atoms with van der Waals surface area (Å²) in [5.41, 5.74) is 0.648. The summed E-state index contributed by atoms with van der Waals surface area (Å²) in [6.07, 6.45) is 2.33. The molecule has 0 aliphatic carbocycles. The molecule has 0 saturated heterocycles. The van der Waals surface area contributed by atoms with Gasteiger partial charge in [0, 0.05) is 28.7 Å². The Morgan fingerprint density at radius 3 is 2.84 bits per heavy atom. The Labute approximate surface area is 150 Å². The molecule has 2 heterocycles. The first kappa shape index (κ1) is 17.6. The summed E-state index contributed by atoms with van der Waals surface area (Å²) in [7, 11) is 2.06. The predicted octanol–water partition coefficient (Wildman–Crippen LogP) is 3.20. The van der Waals surface area contributed by atoms with Crippen molar-refractivity contribution in [2.24, 2.45) is 0 Å². The van der Waals surface area contributed by atoms with Gasteiger partial charge in [0.05, 0.1) is 10.3 Å². The molecule has 2 N–H and O–H groups in total. The van der Waals surface area contributed by atoms with Gasteiger partial charge < -0.3 is 15.2 Å². The van der Waals surface area contributed by atoms with Crippen LogP contribution in [0.3, 0.4) is 0 Å². The van der Waals surface area contributed by atoms with Crippen molar-refractivity contribution in [1.82, 2.24) is 15.2 Å². The lowest BCUT2D eigenvalue weighted by molar-refractivity contribution is 0.0954. The molecule has 25 heavy (non-hydrogen) atoms. The first-order valence-electron chi connectivity index (χ1n) is 8.61. The lowest BCUT2D eigenvalue weighted by Gasteiger charge is -2.15. The average molecular weight is 357 g/mol. The van der Waals surface area contributed by atoms with Crippen molar-refractivity contribution < 1.29 is 4.79 Å². The average Bonchev–Trinajstić information content (AvgIpc) is 3.06. The number of fused-ring (bicyclic) bond motifs is 3. The number of rotatable bonds is 7. The number of hydrogen-bond acceptors (Lipinski definition) is 4. The number of thiophene rings is 1. The third kappa shape index (κ3) is 3.91. The van der Waals surface area contributed by atoms with Crippen molar-refractivity contribution in [3.63, 3.8) is 0 Å². The van der Waals surface area contributed by atoms with E-state index < -0.39 is 0 Å². The molecule has 2 aromatic heterocycles. The fourth-order valence-electron chi connectivity index (χ4n) is 2.84. The van der Waals surface area contributed by atoms with Crippen LogP contribution in [-0.2, 0) is 0 Å². The van der Waals surface area contributed by atoms with Crippen molar-refractivity contribution in [2.75, 3.05) is 26.7 Å². The molecule has 0 bridgehead atoms. The smallest absolute Gasteiger partial charge is 0.261 e. The van der Waals surface area contributed by atoms with Crippen LogP contribution in [0.5, 0.6) is 0 Å². The van der Waals surface area contributed by atoms with Gasteiger partial charge in [-0.05, 0) is 32.1 Å². The summed E-state index contributed by atoms with van der Waals surface area (Å²) in [4.78, 5) is 30.3. The molecule has 132 valence electrons. The number of H-pyrrole nitrogens is 1. The van der Waals surface area contributed by atoms with Crippen LogP contribution in [0.1, 0.15) is 29.4 Å². The van der Waals surface area contributed by atoms with E-state index in [0.29, 0.717) is 16.8 Å². The number of nitrogens with one attached hydrogen (secondary N) is 2. The summed E-state index contributed by atoms with van der Waals surface area (Å²) in [6.45, 7) is 4.63. The fourth-order valence-corrected chi connectivity index (χ4v) is 3.95. The molecule has 1 amide bonds. The summed E-state index contributed by atoms with van der Waals surface area (Å²) in [6, 6.07) is 9.36. The summed E-state index contributed by atoms with van der Waals surface area (Å²) in [5, 5.41) is 4.50. The van der Waals surface area contributed by atoms with E-state index in [1.807, 2.05) is 24.3 Å². The van der Waals surface area contributed by atoms with Gasteiger partial charge in [-0.15, -0.1) is 11.3 Å². The molecule has 0 spiro atoms. The van der Waals surface area contributed by atoms with E-state index in [1.54, 1.807) is 6.07 Å². The molecule has 0 atom stereocenters. The molecule has 0 radical (unpaired) electrons. The Morgan fingerprint density at radius 1 is 1.24 bits per heavy atom. The topological polar surface area (TPSA) is 65.2 Å². The number of benzene rings is 1. The van der Waals surface area contributed by atoms with Gasteiger partial charge in [0.2, 0.25) is 0 Å². The van der Waals surface area contributed by atoms with Crippen LogP contribution in [0.15, 0.2) is 35.1 Å². The van der Waals surface area contributed by atoms with Crippen LogP contribution in [-0.4, -0.2) is 42.5 Å². The summed E-state index contributed by atoms with van der Waals surface area (Å²) < 4.78 is 0.865. The Morgan fingerprint density at radius 2 is 2.04 bits per heavy atom. The lowest BCUT2D eigenvalue weighted by Crippen LogP contribution is -2.33. The molecular formula is C19H23N3O2S. The normalized spacial score (nSPS) is 11.5. The van der Waals surface area contributed by atoms with Crippen LogP contribution in [0.2, 0.25) is 0 Å². The number of hydrogen-bond donors (Lipinski definition) is 2. The third-order valence-electron chi connectivity index (χ3n) is 4.29. The number of para-hydroxylation sites is 1. The molecule has 6 heteroatoms. The zero-order valence-electron chi connectivity index (χ0n) is 14.6. The Bertz CT molecular complexity index is 945. The predicted molar refractivity (Wildman–Crippen MR) is 105 cm³/mol. The highest BCUT2D eigenvalue weighted by atomic mass is 32.1. The van der Waals surface area contributed by atoms with Gasteiger partial charge >= 0.3 is 0 Å². The molecule has 0 fully saturated rings. The maximum atomic E-state index is 12.4. The molecule has 3 rings (SSSR count). The van der Waals surface area contributed by atoms with E-state index in [-0.39, 0.29) is 11.5 Å². The maximum Gasteiger partial charge on any atom is 0.261 e. The number of carbonyl (C=O) groups excluding carboxylic acids is 1. The Balaban J connectivity index is 1.75. The maximum absolute atomic E-state index is 12.4. The first-order chi connectivity index (χ1) is 12.1. The van der Waals surface area contributed by atoms with E-state index in [4.69, 9.17) is 0 Å². The van der Waals surface area contributed by atoms with Crippen molar-refractivity contribution in [3.05, 3.63) is 45.6 Å². The number of pyridine rings is 1. The van der Waals surface area contributed by atoms with Gasteiger partial charge in [-0.1, -0.05) is 31.5 Å². The monoisotopic (exact) mass is 357 g/mol. The van der Waals surface area contributed by atoms with Crippen LogP contribution >= 0.6 is 11.3 Å². The van der Waals surface area contributed by atoms with E-state index >= 15 is 0 Å². The highest BCUT2D eigenvalue weighted by Gasteiger charge is 2.14. The quantitative estimate of drug-likeness (QED) is 0.682. The fraction of sp³-hybridized carbons (Fsp3) is 0.368. The zero-order chi connectivity index (χ0) is 17.8. The molecule has 3 aromatic rings. The Hall–Kier alpha value is -2.18. The van der Waals surface area contributed by atoms with Crippen LogP contribution in [0.25, 0.3) is 21.0 Å². The Kier molecular flexibility index (Phi) is 5.50. The third-order valence-corrected chi connectivity index (χ3v) is 5.46. The highest BCUT2D eigenvalue weighted by Crippen LogP contribution is 2.29.